The number of carbonyl (C=O) groups is 1. The van der Waals surface area contributed by atoms with Gasteiger partial charge in [-0.25, -0.2) is 18.1 Å². The van der Waals surface area contributed by atoms with Crippen molar-refractivity contribution in [2.24, 2.45) is 0 Å². The zero-order valence-electron chi connectivity index (χ0n) is 15.8. The first-order valence-corrected chi connectivity index (χ1v) is 11.2. The number of sulfonamides is 1. The standard InChI is InChI=1S/C20H17N5O3S2/c1-14-13-18(25(23-14)16-5-3-2-4-6-16)22-19(26)15-7-9-17(10-8-15)30(27,28)24-20-21-11-12-29-20/h2-13H,1H3,(H,21,24)(H,22,26). The number of nitrogens with one attached hydrogen (secondary N) is 2. The van der Waals surface area contributed by atoms with Gasteiger partial charge in [-0.3, -0.25) is 9.52 Å². The van der Waals surface area contributed by atoms with E-state index in [1.807, 2.05) is 37.3 Å². The molecule has 30 heavy (non-hydrogen) atoms. The van der Waals surface area contributed by atoms with Crippen LogP contribution in [0, 0.1) is 6.92 Å². The molecule has 0 fully saturated rings. The van der Waals surface area contributed by atoms with Crippen LogP contribution in [0.15, 0.2) is 77.1 Å². The van der Waals surface area contributed by atoms with Gasteiger partial charge >= 0.3 is 0 Å². The van der Waals surface area contributed by atoms with E-state index in [1.54, 1.807) is 16.1 Å². The van der Waals surface area contributed by atoms with Gasteiger partial charge in [-0.15, -0.1) is 11.3 Å². The molecule has 0 aliphatic rings. The predicted octanol–water partition coefficient (Wildman–Crippen LogP) is 3.69. The van der Waals surface area contributed by atoms with Gasteiger partial charge in [-0.1, -0.05) is 18.2 Å². The Hall–Kier alpha value is -3.50. The Morgan fingerprint density at radius 3 is 2.47 bits per heavy atom. The third-order valence-electron chi connectivity index (χ3n) is 4.15. The number of benzene rings is 2. The van der Waals surface area contributed by atoms with E-state index >= 15 is 0 Å². The lowest BCUT2D eigenvalue weighted by atomic mass is 10.2. The van der Waals surface area contributed by atoms with Crippen LogP contribution in [0.4, 0.5) is 10.9 Å². The fourth-order valence-corrected chi connectivity index (χ4v) is 4.56. The van der Waals surface area contributed by atoms with Crippen LogP contribution in [-0.2, 0) is 10.0 Å². The van der Waals surface area contributed by atoms with Crippen LogP contribution in [-0.4, -0.2) is 29.1 Å². The molecule has 0 saturated carbocycles. The number of amides is 1. The van der Waals surface area contributed by atoms with Crippen LogP contribution in [0.25, 0.3) is 5.69 Å². The van der Waals surface area contributed by atoms with E-state index in [4.69, 9.17) is 0 Å². The summed E-state index contributed by atoms with van der Waals surface area (Å²) in [6.07, 6.45) is 1.51. The normalized spacial score (nSPS) is 11.2. The van der Waals surface area contributed by atoms with Crippen molar-refractivity contribution in [3.8, 4) is 5.69 Å². The number of hydrogen-bond donors (Lipinski definition) is 2. The number of aryl methyl sites for hydroxylation is 1. The molecule has 0 radical (unpaired) electrons. The Balaban J connectivity index is 1.53. The summed E-state index contributed by atoms with van der Waals surface area (Å²) in [5, 5.41) is 9.20. The third kappa shape index (κ3) is 4.24. The smallest absolute Gasteiger partial charge is 0.263 e. The molecule has 0 saturated heterocycles. The maximum atomic E-state index is 12.7. The quantitative estimate of drug-likeness (QED) is 0.477. The maximum absolute atomic E-state index is 12.7. The van der Waals surface area contributed by atoms with Gasteiger partial charge in [-0.05, 0) is 43.3 Å². The number of anilines is 2. The summed E-state index contributed by atoms with van der Waals surface area (Å²) in [5.41, 5.74) is 1.89. The average molecular weight is 440 g/mol. The van der Waals surface area contributed by atoms with Crippen molar-refractivity contribution < 1.29 is 13.2 Å². The van der Waals surface area contributed by atoms with Gasteiger partial charge in [0, 0.05) is 23.2 Å². The van der Waals surface area contributed by atoms with Crippen LogP contribution in [0.1, 0.15) is 16.1 Å². The van der Waals surface area contributed by atoms with E-state index in [0.29, 0.717) is 11.4 Å². The van der Waals surface area contributed by atoms with Gasteiger partial charge in [0.1, 0.15) is 5.82 Å². The molecule has 2 N–H and O–H groups in total. The Kier molecular flexibility index (Phi) is 5.34. The lowest BCUT2D eigenvalue weighted by molar-refractivity contribution is 0.102. The van der Waals surface area contributed by atoms with Crippen LogP contribution < -0.4 is 10.0 Å². The monoisotopic (exact) mass is 439 g/mol. The zero-order valence-corrected chi connectivity index (χ0v) is 17.4. The summed E-state index contributed by atoms with van der Waals surface area (Å²) < 4.78 is 28.9. The van der Waals surface area contributed by atoms with Crippen LogP contribution in [0.5, 0.6) is 0 Å². The molecule has 0 aliphatic heterocycles. The van der Waals surface area contributed by atoms with Crippen molar-refractivity contribution in [1.82, 2.24) is 14.8 Å². The first kappa shape index (κ1) is 19.8. The molecule has 10 heteroatoms. The summed E-state index contributed by atoms with van der Waals surface area (Å²) in [7, 11) is -3.77. The maximum Gasteiger partial charge on any atom is 0.263 e. The number of para-hydroxylation sites is 1. The Morgan fingerprint density at radius 2 is 1.80 bits per heavy atom. The summed E-state index contributed by atoms with van der Waals surface area (Å²) in [4.78, 5) is 16.7. The minimum atomic E-state index is -3.77. The second-order valence-corrected chi connectivity index (χ2v) is 8.92. The molecular weight excluding hydrogens is 422 g/mol. The predicted molar refractivity (Wildman–Crippen MR) is 116 cm³/mol. The summed E-state index contributed by atoms with van der Waals surface area (Å²) in [6, 6.07) is 16.9. The molecule has 0 bridgehead atoms. The molecule has 0 unspecified atom stereocenters. The molecular formula is C20H17N5O3S2. The molecule has 1 amide bonds. The van der Waals surface area contributed by atoms with Gasteiger partial charge in [0.05, 0.1) is 16.3 Å². The Bertz CT molecular complexity index is 1270. The molecule has 4 rings (SSSR count). The number of rotatable bonds is 6. The van der Waals surface area contributed by atoms with E-state index in [1.165, 1.54) is 41.8 Å². The van der Waals surface area contributed by atoms with Crippen LogP contribution in [0.2, 0.25) is 0 Å². The van der Waals surface area contributed by atoms with Gasteiger partial charge < -0.3 is 5.32 Å². The van der Waals surface area contributed by atoms with E-state index in [9.17, 15) is 13.2 Å². The molecule has 152 valence electrons. The highest BCUT2D eigenvalue weighted by Crippen LogP contribution is 2.20. The van der Waals surface area contributed by atoms with Gasteiger partial charge in [0.15, 0.2) is 5.13 Å². The number of nitrogens with zero attached hydrogens (tertiary/aromatic N) is 3. The van der Waals surface area contributed by atoms with E-state index in [-0.39, 0.29) is 15.9 Å². The van der Waals surface area contributed by atoms with Crippen molar-refractivity contribution >= 4 is 38.2 Å². The topological polar surface area (TPSA) is 106 Å². The SMILES string of the molecule is Cc1cc(NC(=O)c2ccc(S(=O)(=O)Nc3nccs3)cc2)n(-c2ccccc2)n1. The highest BCUT2D eigenvalue weighted by Gasteiger charge is 2.17. The highest BCUT2D eigenvalue weighted by atomic mass is 32.2. The van der Waals surface area contributed by atoms with Crippen molar-refractivity contribution in [2.75, 3.05) is 10.0 Å². The molecule has 4 aromatic rings. The van der Waals surface area contributed by atoms with Gasteiger partial charge in [-0.2, -0.15) is 5.10 Å². The summed E-state index contributed by atoms with van der Waals surface area (Å²) in [6.45, 7) is 1.84. The minimum Gasteiger partial charge on any atom is -0.306 e. The largest absolute Gasteiger partial charge is 0.306 e. The van der Waals surface area contributed by atoms with E-state index in [0.717, 1.165) is 11.4 Å². The molecule has 0 aliphatic carbocycles. The van der Waals surface area contributed by atoms with E-state index < -0.39 is 10.0 Å². The second-order valence-electron chi connectivity index (χ2n) is 6.34. The fraction of sp³-hybridized carbons (Fsp3) is 0.0500. The van der Waals surface area contributed by atoms with Crippen molar-refractivity contribution in [2.45, 2.75) is 11.8 Å². The van der Waals surface area contributed by atoms with Gasteiger partial charge in [0.25, 0.3) is 15.9 Å². The number of thiazole rings is 1. The molecule has 0 spiro atoms. The molecule has 2 aromatic heterocycles. The average Bonchev–Trinajstić information content (AvgIpc) is 3.37. The molecule has 8 nitrogen and oxygen atoms in total. The molecule has 0 atom stereocenters. The summed E-state index contributed by atoms with van der Waals surface area (Å²) in [5.74, 6) is 0.148. The highest BCUT2D eigenvalue weighted by molar-refractivity contribution is 7.93. The molecule has 2 aromatic carbocycles. The van der Waals surface area contributed by atoms with Crippen LogP contribution >= 0.6 is 11.3 Å². The van der Waals surface area contributed by atoms with Crippen molar-refractivity contribution in [1.29, 1.82) is 0 Å². The minimum absolute atomic E-state index is 0.0411. The van der Waals surface area contributed by atoms with Crippen LogP contribution in [0.3, 0.4) is 0 Å². The number of carbonyl (C=O) groups excluding carboxylic acids is 1. The number of hydrogen-bond acceptors (Lipinski definition) is 6. The van der Waals surface area contributed by atoms with E-state index in [2.05, 4.69) is 20.1 Å². The summed E-state index contributed by atoms with van der Waals surface area (Å²) >= 11 is 1.18. The third-order valence-corrected chi connectivity index (χ3v) is 6.33. The Morgan fingerprint density at radius 1 is 1.07 bits per heavy atom. The second kappa shape index (κ2) is 8.09. The lowest BCUT2D eigenvalue weighted by Gasteiger charge is -2.10. The zero-order chi connectivity index (χ0) is 21.1. The van der Waals surface area contributed by atoms with Crippen molar-refractivity contribution in [3.63, 3.8) is 0 Å². The first-order valence-electron chi connectivity index (χ1n) is 8.88. The molecule has 2 heterocycles. The van der Waals surface area contributed by atoms with Gasteiger partial charge in [0.2, 0.25) is 0 Å². The Labute approximate surface area is 177 Å². The first-order chi connectivity index (χ1) is 14.4. The fourth-order valence-electron chi connectivity index (χ4n) is 2.78. The number of aromatic nitrogens is 3. The lowest BCUT2D eigenvalue weighted by Crippen LogP contribution is -2.16. The van der Waals surface area contributed by atoms with Crippen molar-refractivity contribution in [3.05, 3.63) is 83.5 Å².